The van der Waals surface area contributed by atoms with Gasteiger partial charge in [-0.05, 0) is 54.8 Å². The van der Waals surface area contributed by atoms with Gasteiger partial charge in [-0.15, -0.1) is 10.2 Å². The first-order valence-electron chi connectivity index (χ1n) is 7.98. The predicted octanol–water partition coefficient (Wildman–Crippen LogP) is 2.36. The Morgan fingerprint density at radius 1 is 1.28 bits per heavy atom. The van der Waals surface area contributed by atoms with Crippen LogP contribution in [0.4, 0.5) is 11.6 Å². The Labute approximate surface area is 154 Å². The third kappa shape index (κ3) is 4.84. The molecule has 0 radical (unpaired) electrons. The van der Waals surface area contributed by atoms with E-state index in [4.69, 9.17) is 10.00 Å². The number of aromatic nitrogens is 4. The standard InChI is InChI=1S/C16H18BrN7O/c1-24-4-2-11(3-5-24)10-25-13-6-14(22-23-16(13)17)21-15-9-19-12(7-18)8-20-15/h6,8-9,11H,2-5,10H2,1H3,(H,20,21,22). The summed E-state index contributed by atoms with van der Waals surface area (Å²) < 4.78 is 6.51. The molecule has 0 bridgehead atoms. The van der Waals surface area contributed by atoms with Gasteiger partial charge in [0.1, 0.15) is 11.9 Å². The van der Waals surface area contributed by atoms with E-state index in [1.54, 1.807) is 6.07 Å². The van der Waals surface area contributed by atoms with E-state index in [-0.39, 0.29) is 5.69 Å². The van der Waals surface area contributed by atoms with Gasteiger partial charge in [-0.2, -0.15) is 5.26 Å². The third-order valence-corrected chi connectivity index (χ3v) is 4.60. The minimum Gasteiger partial charge on any atom is -0.490 e. The smallest absolute Gasteiger partial charge is 0.170 e. The quantitative estimate of drug-likeness (QED) is 0.811. The number of nitrogens with one attached hydrogen (secondary N) is 1. The molecule has 0 unspecified atom stereocenters. The summed E-state index contributed by atoms with van der Waals surface area (Å²) in [4.78, 5) is 10.4. The van der Waals surface area contributed by atoms with Crippen molar-refractivity contribution in [2.75, 3.05) is 32.1 Å². The van der Waals surface area contributed by atoms with Crippen LogP contribution < -0.4 is 10.1 Å². The molecule has 1 aliphatic rings. The topological polar surface area (TPSA) is 99.8 Å². The summed E-state index contributed by atoms with van der Waals surface area (Å²) in [7, 11) is 2.14. The lowest BCUT2D eigenvalue weighted by molar-refractivity contribution is 0.159. The zero-order chi connectivity index (χ0) is 17.6. The Balaban J connectivity index is 1.62. The molecule has 8 nitrogen and oxygen atoms in total. The summed E-state index contributed by atoms with van der Waals surface area (Å²) in [5.41, 5.74) is 0.259. The highest BCUT2D eigenvalue weighted by Gasteiger charge is 2.18. The summed E-state index contributed by atoms with van der Waals surface area (Å²) in [6.07, 6.45) is 5.14. The molecule has 25 heavy (non-hydrogen) atoms. The fourth-order valence-corrected chi connectivity index (χ4v) is 2.85. The molecule has 1 N–H and O–H groups in total. The van der Waals surface area contributed by atoms with Crippen LogP contribution in [0.2, 0.25) is 0 Å². The van der Waals surface area contributed by atoms with Crippen molar-refractivity contribution in [2.45, 2.75) is 12.8 Å². The number of hydrogen-bond donors (Lipinski definition) is 1. The van der Waals surface area contributed by atoms with E-state index in [1.807, 2.05) is 6.07 Å². The SMILES string of the molecule is CN1CCC(COc2cc(Nc3cnc(C#N)cn3)nnc2Br)CC1. The van der Waals surface area contributed by atoms with Gasteiger partial charge < -0.3 is 15.0 Å². The first-order valence-corrected chi connectivity index (χ1v) is 8.77. The van der Waals surface area contributed by atoms with Crippen LogP contribution in [0, 0.1) is 17.2 Å². The lowest BCUT2D eigenvalue weighted by atomic mass is 9.98. The number of likely N-dealkylation sites (tertiary alicyclic amines) is 1. The number of nitrogens with zero attached hydrogens (tertiary/aromatic N) is 6. The number of halogens is 1. The molecule has 0 amide bonds. The average Bonchev–Trinajstić information content (AvgIpc) is 2.64. The molecule has 2 aromatic heterocycles. The Bertz CT molecular complexity index is 754. The highest BCUT2D eigenvalue weighted by Crippen LogP contribution is 2.27. The van der Waals surface area contributed by atoms with Gasteiger partial charge in [-0.25, -0.2) is 9.97 Å². The van der Waals surface area contributed by atoms with Crippen LogP contribution in [0.5, 0.6) is 5.75 Å². The summed E-state index contributed by atoms with van der Waals surface area (Å²) in [6, 6.07) is 3.70. The van der Waals surface area contributed by atoms with Crippen molar-refractivity contribution in [3.8, 4) is 11.8 Å². The first-order chi connectivity index (χ1) is 12.1. The zero-order valence-electron chi connectivity index (χ0n) is 13.8. The molecule has 0 spiro atoms. The van der Waals surface area contributed by atoms with Gasteiger partial charge in [-0.3, -0.25) is 0 Å². The molecule has 1 aliphatic heterocycles. The van der Waals surface area contributed by atoms with E-state index in [1.165, 1.54) is 12.4 Å². The van der Waals surface area contributed by atoms with Crippen molar-refractivity contribution in [3.05, 3.63) is 28.8 Å². The van der Waals surface area contributed by atoms with Gasteiger partial charge >= 0.3 is 0 Å². The van der Waals surface area contributed by atoms with Gasteiger partial charge in [0, 0.05) is 6.07 Å². The summed E-state index contributed by atoms with van der Waals surface area (Å²) >= 11 is 3.37. The van der Waals surface area contributed by atoms with Gasteiger partial charge in [0.2, 0.25) is 0 Å². The van der Waals surface area contributed by atoms with Crippen LogP contribution in [-0.2, 0) is 0 Å². The molecule has 1 fully saturated rings. The van der Waals surface area contributed by atoms with Crippen molar-refractivity contribution in [2.24, 2.45) is 5.92 Å². The maximum Gasteiger partial charge on any atom is 0.170 e. The largest absolute Gasteiger partial charge is 0.490 e. The van der Waals surface area contributed by atoms with Gasteiger partial charge in [0.15, 0.2) is 21.9 Å². The second-order valence-corrected chi connectivity index (χ2v) is 6.72. The number of anilines is 2. The number of hydrogen-bond acceptors (Lipinski definition) is 8. The minimum absolute atomic E-state index is 0.259. The molecule has 2 aromatic rings. The second kappa shape index (κ2) is 8.18. The van der Waals surface area contributed by atoms with Crippen LogP contribution in [0.25, 0.3) is 0 Å². The average molecular weight is 404 g/mol. The molecular formula is C16H18BrN7O. The third-order valence-electron chi connectivity index (χ3n) is 4.05. The Morgan fingerprint density at radius 3 is 2.76 bits per heavy atom. The minimum atomic E-state index is 0.259. The van der Waals surface area contributed by atoms with E-state index >= 15 is 0 Å². The Hall–Kier alpha value is -2.31. The van der Waals surface area contributed by atoms with E-state index in [0.717, 1.165) is 25.9 Å². The molecular weight excluding hydrogens is 386 g/mol. The maximum absolute atomic E-state index is 8.75. The van der Waals surface area contributed by atoms with Gasteiger partial charge in [-0.1, -0.05) is 0 Å². The highest BCUT2D eigenvalue weighted by molar-refractivity contribution is 9.10. The monoisotopic (exact) mass is 403 g/mol. The maximum atomic E-state index is 8.75. The molecule has 0 aromatic carbocycles. The van der Waals surface area contributed by atoms with E-state index in [2.05, 4.69) is 53.4 Å². The molecule has 3 rings (SSSR count). The summed E-state index contributed by atoms with van der Waals surface area (Å²) in [5, 5.41) is 19.9. The summed E-state index contributed by atoms with van der Waals surface area (Å²) in [6.45, 7) is 2.87. The molecule has 3 heterocycles. The molecule has 9 heteroatoms. The molecule has 0 saturated carbocycles. The first kappa shape index (κ1) is 17.5. The molecule has 0 atom stereocenters. The number of rotatable bonds is 5. The number of piperidine rings is 1. The predicted molar refractivity (Wildman–Crippen MR) is 95.5 cm³/mol. The lowest BCUT2D eigenvalue weighted by Crippen LogP contribution is -2.32. The van der Waals surface area contributed by atoms with Crippen LogP contribution in [0.1, 0.15) is 18.5 Å². The fourth-order valence-electron chi connectivity index (χ4n) is 2.54. The van der Waals surface area contributed by atoms with Crippen LogP contribution in [0.3, 0.4) is 0 Å². The van der Waals surface area contributed by atoms with Gasteiger partial charge in [0.25, 0.3) is 0 Å². The fraction of sp³-hybridized carbons (Fsp3) is 0.438. The lowest BCUT2D eigenvalue weighted by Gasteiger charge is -2.28. The second-order valence-electron chi connectivity index (χ2n) is 5.97. The summed E-state index contributed by atoms with van der Waals surface area (Å²) in [5.74, 6) is 2.17. The number of nitriles is 1. The highest BCUT2D eigenvalue weighted by atomic mass is 79.9. The van der Waals surface area contributed by atoms with Crippen LogP contribution in [-0.4, -0.2) is 51.8 Å². The van der Waals surface area contributed by atoms with Crippen molar-refractivity contribution >= 4 is 27.6 Å². The normalized spacial score (nSPS) is 15.6. The molecule has 1 saturated heterocycles. The molecule has 0 aliphatic carbocycles. The zero-order valence-corrected chi connectivity index (χ0v) is 15.4. The van der Waals surface area contributed by atoms with Crippen LogP contribution >= 0.6 is 15.9 Å². The van der Waals surface area contributed by atoms with Crippen LogP contribution in [0.15, 0.2) is 23.1 Å². The van der Waals surface area contributed by atoms with Crippen molar-refractivity contribution in [1.29, 1.82) is 5.26 Å². The Morgan fingerprint density at radius 2 is 2.08 bits per heavy atom. The molecule has 130 valence electrons. The number of ether oxygens (including phenoxy) is 1. The van der Waals surface area contributed by atoms with E-state index in [0.29, 0.717) is 34.5 Å². The van der Waals surface area contributed by atoms with Crippen molar-refractivity contribution in [3.63, 3.8) is 0 Å². The Kier molecular flexibility index (Phi) is 5.73. The van der Waals surface area contributed by atoms with E-state index < -0.39 is 0 Å². The van der Waals surface area contributed by atoms with Crippen molar-refractivity contribution in [1.82, 2.24) is 25.1 Å². The van der Waals surface area contributed by atoms with E-state index in [9.17, 15) is 0 Å². The van der Waals surface area contributed by atoms with Crippen molar-refractivity contribution < 1.29 is 4.74 Å². The van der Waals surface area contributed by atoms with Gasteiger partial charge in [0.05, 0.1) is 19.0 Å².